The van der Waals surface area contributed by atoms with E-state index in [9.17, 15) is 5.11 Å². The quantitative estimate of drug-likeness (QED) is 0.655. The van der Waals surface area contributed by atoms with Crippen LogP contribution in [0, 0.1) is 0 Å². The summed E-state index contributed by atoms with van der Waals surface area (Å²) in [7, 11) is 0. The first-order valence-corrected chi connectivity index (χ1v) is 4.55. The average Bonchev–Trinajstić information content (AvgIpc) is 2.86. The molecule has 3 heterocycles. The molecule has 3 aromatic heterocycles. The van der Waals surface area contributed by atoms with Crippen LogP contribution in [0.25, 0.3) is 17.1 Å². The Hall–Kier alpha value is -2.23. The molecular weight excluding hydrogens is 192 g/mol. The van der Waals surface area contributed by atoms with Crippen molar-refractivity contribution in [2.24, 2.45) is 0 Å². The first-order chi connectivity index (χ1) is 7.34. The van der Waals surface area contributed by atoms with Crippen LogP contribution >= 0.6 is 0 Å². The van der Waals surface area contributed by atoms with Crippen LogP contribution in [0.1, 0.15) is 0 Å². The number of hydrogen-bond donors (Lipinski definition) is 1. The minimum Gasteiger partial charge on any atom is -0.504 e. The predicted molar refractivity (Wildman–Crippen MR) is 54.6 cm³/mol. The summed E-state index contributed by atoms with van der Waals surface area (Å²) in [6.45, 7) is 0. The molecule has 1 N–H and O–H groups in total. The minimum atomic E-state index is 0.162. The van der Waals surface area contributed by atoms with Gasteiger partial charge in [0.25, 0.3) is 0 Å². The fourth-order valence-electron chi connectivity index (χ4n) is 1.54. The van der Waals surface area contributed by atoms with Gasteiger partial charge in [-0.1, -0.05) is 0 Å². The van der Waals surface area contributed by atoms with Gasteiger partial charge in [-0.2, -0.15) is 0 Å². The highest BCUT2D eigenvalue weighted by molar-refractivity contribution is 5.62. The lowest BCUT2D eigenvalue weighted by Crippen LogP contribution is -1.80. The Morgan fingerprint density at radius 3 is 2.93 bits per heavy atom. The third-order valence-electron chi connectivity index (χ3n) is 2.24. The third-order valence-corrected chi connectivity index (χ3v) is 2.24. The second kappa shape index (κ2) is 2.88. The van der Waals surface area contributed by atoms with E-state index in [1.165, 1.54) is 0 Å². The van der Waals surface area contributed by atoms with Gasteiger partial charge < -0.3 is 13.9 Å². The molecule has 0 saturated heterocycles. The molecule has 0 unspecified atom stereocenters. The molecule has 15 heavy (non-hydrogen) atoms. The number of nitrogens with zero attached hydrogens (tertiary/aromatic N) is 2. The summed E-state index contributed by atoms with van der Waals surface area (Å²) < 4.78 is 6.99. The Morgan fingerprint density at radius 1 is 1.27 bits per heavy atom. The van der Waals surface area contributed by atoms with E-state index in [2.05, 4.69) is 4.98 Å². The van der Waals surface area contributed by atoms with Crippen molar-refractivity contribution < 1.29 is 9.52 Å². The SMILES string of the molecule is Oc1cccn2cc(-c3ccco3)nc12. The molecule has 0 aliphatic rings. The fourth-order valence-corrected chi connectivity index (χ4v) is 1.54. The van der Waals surface area contributed by atoms with E-state index in [0.29, 0.717) is 17.1 Å². The molecule has 0 amide bonds. The Bertz CT molecular complexity index is 596. The Balaban J connectivity index is 2.27. The molecule has 0 saturated carbocycles. The number of fused-ring (bicyclic) bond motifs is 1. The van der Waals surface area contributed by atoms with Crippen molar-refractivity contribution in [2.75, 3.05) is 0 Å². The second-order valence-corrected chi connectivity index (χ2v) is 3.23. The van der Waals surface area contributed by atoms with Crippen LogP contribution in [-0.2, 0) is 0 Å². The molecule has 0 atom stereocenters. The van der Waals surface area contributed by atoms with Crippen molar-refractivity contribution >= 4 is 5.65 Å². The molecule has 4 heteroatoms. The standard InChI is InChI=1S/C11H8N2O2/c14-9-3-1-5-13-7-8(12-11(9)13)10-4-2-6-15-10/h1-7,14H. The summed E-state index contributed by atoms with van der Waals surface area (Å²) in [4.78, 5) is 4.27. The van der Waals surface area contributed by atoms with Gasteiger partial charge in [0.2, 0.25) is 0 Å². The van der Waals surface area contributed by atoms with Crippen molar-refractivity contribution in [3.63, 3.8) is 0 Å². The van der Waals surface area contributed by atoms with E-state index < -0.39 is 0 Å². The summed E-state index contributed by atoms with van der Waals surface area (Å²) in [5.74, 6) is 0.855. The van der Waals surface area contributed by atoms with Gasteiger partial charge in [0.05, 0.1) is 6.26 Å². The molecule has 0 bridgehead atoms. The highest BCUT2D eigenvalue weighted by Gasteiger charge is 2.08. The van der Waals surface area contributed by atoms with E-state index in [1.54, 1.807) is 28.9 Å². The first-order valence-electron chi connectivity index (χ1n) is 4.55. The topological polar surface area (TPSA) is 50.7 Å². The molecule has 3 aromatic rings. The number of rotatable bonds is 1. The fraction of sp³-hybridized carbons (Fsp3) is 0. The number of aromatic hydroxyl groups is 1. The molecule has 0 aliphatic heterocycles. The molecule has 74 valence electrons. The maximum absolute atomic E-state index is 9.57. The van der Waals surface area contributed by atoms with E-state index in [0.717, 1.165) is 0 Å². The lowest BCUT2D eigenvalue weighted by Gasteiger charge is -1.92. The van der Waals surface area contributed by atoms with Crippen molar-refractivity contribution in [1.82, 2.24) is 9.38 Å². The van der Waals surface area contributed by atoms with E-state index in [4.69, 9.17) is 4.42 Å². The van der Waals surface area contributed by atoms with Gasteiger partial charge in [-0.05, 0) is 24.3 Å². The summed E-state index contributed by atoms with van der Waals surface area (Å²) >= 11 is 0. The van der Waals surface area contributed by atoms with E-state index >= 15 is 0 Å². The monoisotopic (exact) mass is 200 g/mol. The summed E-state index contributed by atoms with van der Waals surface area (Å²) in [6, 6.07) is 7.00. The zero-order chi connectivity index (χ0) is 10.3. The van der Waals surface area contributed by atoms with Crippen LogP contribution in [-0.4, -0.2) is 14.5 Å². The Morgan fingerprint density at radius 2 is 2.20 bits per heavy atom. The van der Waals surface area contributed by atoms with Gasteiger partial charge in [-0.15, -0.1) is 0 Å². The van der Waals surface area contributed by atoms with Crippen molar-refractivity contribution in [1.29, 1.82) is 0 Å². The van der Waals surface area contributed by atoms with Crippen LogP contribution in [0.5, 0.6) is 5.75 Å². The lowest BCUT2D eigenvalue weighted by molar-refractivity contribution is 0.477. The van der Waals surface area contributed by atoms with Gasteiger partial charge in [-0.3, -0.25) is 0 Å². The minimum absolute atomic E-state index is 0.162. The van der Waals surface area contributed by atoms with Crippen LogP contribution in [0.2, 0.25) is 0 Å². The summed E-state index contributed by atoms with van der Waals surface area (Å²) in [6.07, 6.45) is 5.24. The molecule has 4 nitrogen and oxygen atoms in total. The van der Waals surface area contributed by atoms with Crippen LogP contribution in [0.4, 0.5) is 0 Å². The average molecular weight is 200 g/mol. The van der Waals surface area contributed by atoms with Gasteiger partial charge in [0, 0.05) is 12.4 Å². The molecule has 0 spiro atoms. The zero-order valence-corrected chi connectivity index (χ0v) is 7.79. The van der Waals surface area contributed by atoms with Crippen LogP contribution < -0.4 is 0 Å². The smallest absolute Gasteiger partial charge is 0.180 e. The largest absolute Gasteiger partial charge is 0.504 e. The Kier molecular flexibility index (Phi) is 1.56. The predicted octanol–water partition coefficient (Wildman–Crippen LogP) is 2.30. The molecule has 0 fully saturated rings. The van der Waals surface area contributed by atoms with Gasteiger partial charge in [-0.25, -0.2) is 4.98 Å². The Labute approximate surface area is 85.4 Å². The normalized spacial score (nSPS) is 10.9. The first kappa shape index (κ1) is 8.11. The summed E-state index contributed by atoms with van der Waals surface area (Å²) in [5, 5.41) is 9.57. The number of hydrogen-bond acceptors (Lipinski definition) is 3. The van der Waals surface area contributed by atoms with Crippen LogP contribution in [0.15, 0.2) is 47.3 Å². The maximum Gasteiger partial charge on any atom is 0.180 e. The third kappa shape index (κ3) is 1.19. The lowest BCUT2D eigenvalue weighted by atomic mass is 10.4. The molecule has 3 rings (SSSR count). The van der Waals surface area contributed by atoms with Crippen molar-refractivity contribution in [3.05, 3.63) is 42.9 Å². The number of aromatic nitrogens is 2. The number of pyridine rings is 1. The van der Waals surface area contributed by atoms with Gasteiger partial charge >= 0.3 is 0 Å². The molecule has 0 radical (unpaired) electrons. The van der Waals surface area contributed by atoms with E-state index in [1.807, 2.05) is 18.5 Å². The molecule has 0 aromatic carbocycles. The maximum atomic E-state index is 9.57. The summed E-state index contributed by atoms with van der Waals surface area (Å²) in [5.41, 5.74) is 1.24. The van der Waals surface area contributed by atoms with Crippen molar-refractivity contribution in [3.8, 4) is 17.2 Å². The number of imidazole rings is 1. The van der Waals surface area contributed by atoms with Gasteiger partial charge in [0.15, 0.2) is 17.2 Å². The van der Waals surface area contributed by atoms with Gasteiger partial charge in [0.1, 0.15) is 5.69 Å². The van der Waals surface area contributed by atoms with Crippen LogP contribution in [0.3, 0.4) is 0 Å². The van der Waals surface area contributed by atoms with E-state index in [-0.39, 0.29) is 5.75 Å². The van der Waals surface area contributed by atoms with Crippen molar-refractivity contribution in [2.45, 2.75) is 0 Å². The second-order valence-electron chi connectivity index (χ2n) is 3.23. The highest BCUT2D eigenvalue weighted by atomic mass is 16.3. The molecule has 0 aliphatic carbocycles. The highest BCUT2D eigenvalue weighted by Crippen LogP contribution is 2.23. The molecular formula is C11H8N2O2. The number of furan rings is 1. The zero-order valence-electron chi connectivity index (χ0n) is 7.79.